The Bertz CT molecular complexity index is 389. The van der Waals surface area contributed by atoms with Crippen molar-refractivity contribution in [2.45, 2.75) is 31.3 Å². The summed E-state index contributed by atoms with van der Waals surface area (Å²) in [5.74, 6) is 0.00389. The smallest absolute Gasteiger partial charge is 0.292 e. The van der Waals surface area contributed by atoms with Gasteiger partial charge in [-0.2, -0.15) is 4.98 Å². The first-order chi connectivity index (χ1) is 8.20. The zero-order valence-corrected chi connectivity index (χ0v) is 9.68. The van der Waals surface area contributed by atoms with Gasteiger partial charge >= 0.3 is 0 Å². The predicted octanol–water partition coefficient (Wildman–Crippen LogP) is -0.00190. The van der Waals surface area contributed by atoms with E-state index in [4.69, 9.17) is 15.0 Å². The summed E-state index contributed by atoms with van der Waals surface area (Å²) in [4.78, 5) is 15.6. The van der Waals surface area contributed by atoms with Gasteiger partial charge in [-0.15, -0.1) is 0 Å². The van der Waals surface area contributed by atoms with Crippen LogP contribution in [0.2, 0.25) is 0 Å². The van der Waals surface area contributed by atoms with Crippen molar-refractivity contribution in [1.82, 2.24) is 15.5 Å². The molecule has 0 aromatic carbocycles. The van der Waals surface area contributed by atoms with Crippen LogP contribution in [0, 0.1) is 0 Å². The quantitative estimate of drug-likeness (QED) is 0.725. The molecule has 1 aromatic heterocycles. The number of nitrogens with one attached hydrogen (secondary N) is 1. The minimum Gasteiger partial charge on any atom is -0.385 e. The summed E-state index contributed by atoms with van der Waals surface area (Å²) in [7, 11) is 1.59. The van der Waals surface area contributed by atoms with E-state index in [0.717, 1.165) is 12.8 Å². The van der Waals surface area contributed by atoms with E-state index in [1.807, 2.05) is 0 Å². The Kier molecular flexibility index (Phi) is 3.70. The average Bonchev–Trinajstić information content (AvgIpc) is 2.99. The van der Waals surface area contributed by atoms with Gasteiger partial charge in [0, 0.05) is 19.8 Å². The molecule has 1 atom stereocenters. The number of hydrogen-bond acceptors (Lipinski definition) is 6. The normalized spacial score (nSPS) is 16.8. The zero-order valence-electron chi connectivity index (χ0n) is 9.68. The second kappa shape index (κ2) is 5.24. The molecule has 1 aromatic rings. The lowest BCUT2D eigenvalue weighted by Crippen LogP contribution is -2.26. The van der Waals surface area contributed by atoms with Gasteiger partial charge in [0.15, 0.2) is 0 Å². The molecule has 1 amide bonds. The molecule has 94 valence electrons. The molecule has 0 bridgehead atoms. The van der Waals surface area contributed by atoms with E-state index in [2.05, 4.69) is 15.5 Å². The summed E-state index contributed by atoms with van der Waals surface area (Å²) in [5, 5.41) is 6.38. The SMILES string of the molecule is COCCC(N)c1nc(C(=O)NC2CC2)no1. The Labute approximate surface area is 98.7 Å². The molecule has 1 saturated carbocycles. The maximum absolute atomic E-state index is 11.6. The largest absolute Gasteiger partial charge is 0.385 e. The lowest BCUT2D eigenvalue weighted by molar-refractivity contribution is 0.0937. The third-order valence-corrected chi connectivity index (χ3v) is 2.51. The molecule has 0 aliphatic heterocycles. The van der Waals surface area contributed by atoms with Gasteiger partial charge in [-0.3, -0.25) is 4.79 Å². The van der Waals surface area contributed by atoms with E-state index < -0.39 is 6.04 Å². The number of nitrogens with two attached hydrogens (primary N) is 1. The number of methoxy groups -OCH3 is 1. The standard InChI is InChI=1S/C10H16N4O3/c1-16-5-4-7(11)10-13-8(14-17-10)9(15)12-6-2-3-6/h6-7H,2-5,11H2,1H3,(H,12,15). The van der Waals surface area contributed by atoms with E-state index >= 15 is 0 Å². The van der Waals surface area contributed by atoms with E-state index in [0.29, 0.717) is 13.0 Å². The van der Waals surface area contributed by atoms with Crippen molar-refractivity contribution in [1.29, 1.82) is 0 Å². The minimum atomic E-state index is -0.398. The number of ether oxygens (including phenoxy) is 1. The second-order valence-electron chi connectivity index (χ2n) is 4.09. The number of hydrogen-bond donors (Lipinski definition) is 2. The van der Waals surface area contributed by atoms with Crippen LogP contribution in [-0.2, 0) is 4.74 Å². The average molecular weight is 240 g/mol. The van der Waals surface area contributed by atoms with E-state index in [1.54, 1.807) is 7.11 Å². The highest BCUT2D eigenvalue weighted by atomic mass is 16.5. The molecule has 0 radical (unpaired) electrons. The number of nitrogens with zero attached hydrogens (tertiary/aromatic N) is 2. The summed E-state index contributed by atoms with van der Waals surface area (Å²) in [6.45, 7) is 0.507. The van der Waals surface area contributed by atoms with Crippen molar-refractivity contribution in [3.05, 3.63) is 11.7 Å². The molecule has 1 aliphatic rings. The lowest BCUT2D eigenvalue weighted by Gasteiger charge is -2.04. The van der Waals surface area contributed by atoms with Gasteiger partial charge in [0.2, 0.25) is 5.89 Å². The van der Waals surface area contributed by atoms with Crippen molar-refractivity contribution in [3.8, 4) is 0 Å². The molecule has 3 N–H and O–H groups in total. The molecule has 0 spiro atoms. The fourth-order valence-electron chi connectivity index (χ4n) is 1.32. The van der Waals surface area contributed by atoms with Crippen molar-refractivity contribution in [2.24, 2.45) is 5.73 Å². The Balaban J connectivity index is 1.91. The van der Waals surface area contributed by atoms with Crippen LogP contribution >= 0.6 is 0 Å². The van der Waals surface area contributed by atoms with Gasteiger partial charge in [-0.1, -0.05) is 5.16 Å². The number of carbonyl (C=O) groups excluding carboxylic acids is 1. The van der Waals surface area contributed by atoms with Gasteiger partial charge in [0.25, 0.3) is 11.7 Å². The van der Waals surface area contributed by atoms with E-state index in [-0.39, 0.29) is 23.7 Å². The molecule has 0 saturated heterocycles. The van der Waals surface area contributed by atoms with E-state index in [1.165, 1.54) is 0 Å². The summed E-state index contributed by atoms with van der Waals surface area (Å²) < 4.78 is 9.84. The molecule has 17 heavy (non-hydrogen) atoms. The highest BCUT2D eigenvalue weighted by molar-refractivity contribution is 5.90. The fourth-order valence-corrected chi connectivity index (χ4v) is 1.32. The van der Waals surface area contributed by atoms with Gasteiger partial charge in [0.05, 0.1) is 6.04 Å². The molecular formula is C10H16N4O3. The third-order valence-electron chi connectivity index (χ3n) is 2.51. The first-order valence-electron chi connectivity index (χ1n) is 5.59. The van der Waals surface area contributed by atoms with E-state index in [9.17, 15) is 4.79 Å². The predicted molar refractivity (Wildman–Crippen MR) is 58.2 cm³/mol. The summed E-state index contributed by atoms with van der Waals surface area (Å²) in [5.41, 5.74) is 5.80. The lowest BCUT2D eigenvalue weighted by atomic mass is 10.2. The molecule has 7 heteroatoms. The molecule has 1 heterocycles. The zero-order chi connectivity index (χ0) is 12.3. The third kappa shape index (κ3) is 3.24. The number of rotatable bonds is 6. The number of carbonyl (C=O) groups is 1. The molecule has 1 fully saturated rings. The van der Waals surface area contributed by atoms with Crippen molar-refractivity contribution < 1.29 is 14.1 Å². The maximum atomic E-state index is 11.6. The number of amides is 1. The van der Waals surface area contributed by atoms with Gasteiger partial charge in [-0.05, 0) is 19.3 Å². The maximum Gasteiger partial charge on any atom is 0.292 e. The monoisotopic (exact) mass is 240 g/mol. The Hall–Kier alpha value is -1.47. The minimum absolute atomic E-state index is 0.0415. The molecule has 7 nitrogen and oxygen atoms in total. The first-order valence-corrected chi connectivity index (χ1v) is 5.59. The Morgan fingerprint density at radius 1 is 1.71 bits per heavy atom. The summed E-state index contributed by atoms with van der Waals surface area (Å²) in [6, 6.07) is -0.128. The van der Waals surface area contributed by atoms with Crippen LogP contribution in [-0.4, -0.2) is 35.8 Å². The van der Waals surface area contributed by atoms with Crippen LogP contribution in [0.25, 0.3) is 0 Å². The van der Waals surface area contributed by atoms with Crippen LogP contribution in [0.15, 0.2) is 4.52 Å². The van der Waals surface area contributed by atoms with Gasteiger partial charge < -0.3 is 20.3 Å². The van der Waals surface area contributed by atoms with Crippen molar-refractivity contribution >= 4 is 5.91 Å². The molecule has 2 rings (SSSR count). The first kappa shape index (κ1) is 12.0. The topological polar surface area (TPSA) is 103 Å². The molecule has 1 unspecified atom stereocenters. The van der Waals surface area contributed by atoms with Gasteiger partial charge in [-0.25, -0.2) is 0 Å². The molecular weight excluding hydrogens is 224 g/mol. The van der Waals surface area contributed by atoms with Gasteiger partial charge in [0.1, 0.15) is 0 Å². The van der Waals surface area contributed by atoms with Crippen LogP contribution in [0.3, 0.4) is 0 Å². The Morgan fingerprint density at radius 3 is 3.12 bits per heavy atom. The summed E-state index contributed by atoms with van der Waals surface area (Å²) in [6.07, 6.45) is 2.61. The van der Waals surface area contributed by atoms with Crippen LogP contribution in [0.1, 0.15) is 41.8 Å². The van der Waals surface area contributed by atoms with Crippen molar-refractivity contribution in [2.75, 3.05) is 13.7 Å². The summed E-state index contributed by atoms with van der Waals surface area (Å²) >= 11 is 0. The van der Waals surface area contributed by atoms with Crippen LogP contribution in [0.4, 0.5) is 0 Å². The van der Waals surface area contributed by atoms with Crippen LogP contribution < -0.4 is 11.1 Å². The Morgan fingerprint density at radius 2 is 2.47 bits per heavy atom. The fraction of sp³-hybridized carbons (Fsp3) is 0.700. The van der Waals surface area contributed by atoms with Crippen LogP contribution in [0.5, 0.6) is 0 Å². The number of aromatic nitrogens is 2. The highest BCUT2D eigenvalue weighted by Gasteiger charge is 2.26. The highest BCUT2D eigenvalue weighted by Crippen LogP contribution is 2.19. The molecule has 1 aliphatic carbocycles. The van der Waals surface area contributed by atoms with Crippen molar-refractivity contribution in [3.63, 3.8) is 0 Å². The second-order valence-corrected chi connectivity index (χ2v) is 4.09.